The van der Waals surface area contributed by atoms with Gasteiger partial charge in [0.15, 0.2) is 0 Å². The summed E-state index contributed by atoms with van der Waals surface area (Å²) in [7, 11) is 0. The van der Waals surface area contributed by atoms with Gasteiger partial charge in [0.05, 0.1) is 11.8 Å². The van der Waals surface area contributed by atoms with E-state index in [1.807, 2.05) is 25.3 Å². The highest BCUT2D eigenvalue weighted by atomic mass is 35.5. The zero-order valence-electron chi connectivity index (χ0n) is 13.1. The highest BCUT2D eigenvalue weighted by Gasteiger charge is 2.11. The van der Waals surface area contributed by atoms with Gasteiger partial charge in [-0.2, -0.15) is 0 Å². The van der Waals surface area contributed by atoms with Crippen LogP contribution in [-0.4, -0.2) is 19.5 Å². The number of nitrogens with one attached hydrogen (secondary N) is 1. The van der Waals surface area contributed by atoms with E-state index < -0.39 is 0 Å². The molecular weight excluding hydrogens is 324 g/mol. The molecule has 4 rings (SSSR count). The zero-order valence-corrected chi connectivity index (χ0v) is 13.8. The molecular formula is C18H15ClN4O. The molecule has 0 saturated carbocycles. The SMILES string of the molecule is Cc1nc2c(=O)c3ccc(Cl)cc3ccc2n1CCc1cnc[nH]1. The summed E-state index contributed by atoms with van der Waals surface area (Å²) in [5, 5.41) is 2.07. The third-order valence-corrected chi connectivity index (χ3v) is 4.49. The summed E-state index contributed by atoms with van der Waals surface area (Å²) in [5.41, 5.74) is 2.32. The van der Waals surface area contributed by atoms with Crippen molar-refractivity contribution in [3.8, 4) is 0 Å². The minimum Gasteiger partial charge on any atom is -0.348 e. The number of rotatable bonds is 3. The molecule has 0 aliphatic rings. The molecule has 5 nitrogen and oxygen atoms in total. The second-order valence-electron chi connectivity index (χ2n) is 5.77. The number of imidazole rings is 2. The predicted molar refractivity (Wildman–Crippen MR) is 95.5 cm³/mol. The van der Waals surface area contributed by atoms with Gasteiger partial charge in [0.2, 0.25) is 5.43 Å². The summed E-state index contributed by atoms with van der Waals surface area (Å²) in [6.07, 6.45) is 4.27. The number of fused-ring (bicyclic) bond motifs is 2. The van der Waals surface area contributed by atoms with Crippen molar-refractivity contribution in [2.24, 2.45) is 0 Å². The molecule has 0 unspecified atom stereocenters. The Morgan fingerprint density at radius 1 is 1.25 bits per heavy atom. The van der Waals surface area contributed by atoms with Crippen molar-refractivity contribution in [1.82, 2.24) is 19.5 Å². The Bertz CT molecular complexity index is 1100. The van der Waals surface area contributed by atoms with Gasteiger partial charge in [0, 0.05) is 35.3 Å². The second kappa shape index (κ2) is 5.76. The van der Waals surface area contributed by atoms with E-state index in [2.05, 4.69) is 19.5 Å². The summed E-state index contributed by atoms with van der Waals surface area (Å²) in [4.78, 5) is 24.5. The van der Waals surface area contributed by atoms with E-state index in [4.69, 9.17) is 11.6 Å². The Labute approximate surface area is 142 Å². The maximum atomic E-state index is 12.9. The molecule has 2 heterocycles. The molecule has 0 radical (unpaired) electrons. The van der Waals surface area contributed by atoms with Gasteiger partial charge in [-0.1, -0.05) is 17.7 Å². The van der Waals surface area contributed by atoms with Crippen LogP contribution in [0.2, 0.25) is 5.02 Å². The van der Waals surface area contributed by atoms with E-state index in [-0.39, 0.29) is 5.43 Å². The molecule has 0 atom stereocenters. The first-order valence-corrected chi connectivity index (χ1v) is 8.08. The molecule has 0 fully saturated rings. The maximum absolute atomic E-state index is 12.9. The van der Waals surface area contributed by atoms with Crippen LogP contribution in [0.15, 0.2) is 47.7 Å². The summed E-state index contributed by atoms with van der Waals surface area (Å²) in [6.45, 7) is 2.65. The van der Waals surface area contributed by atoms with Gasteiger partial charge in [-0.15, -0.1) is 0 Å². The third kappa shape index (κ3) is 2.47. The monoisotopic (exact) mass is 338 g/mol. The molecule has 120 valence electrons. The number of aromatic nitrogens is 4. The molecule has 1 N–H and O–H groups in total. The van der Waals surface area contributed by atoms with Gasteiger partial charge >= 0.3 is 0 Å². The number of H-pyrrole nitrogens is 1. The molecule has 6 heteroatoms. The fraction of sp³-hybridized carbons (Fsp3) is 0.167. The molecule has 24 heavy (non-hydrogen) atoms. The molecule has 0 bridgehead atoms. The lowest BCUT2D eigenvalue weighted by atomic mass is 10.2. The minimum absolute atomic E-state index is 0.0648. The van der Waals surface area contributed by atoms with Crippen LogP contribution >= 0.6 is 11.6 Å². The van der Waals surface area contributed by atoms with Crippen molar-refractivity contribution >= 4 is 33.4 Å². The van der Waals surface area contributed by atoms with E-state index >= 15 is 0 Å². The molecule has 0 aliphatic carbocycles. The van der Waals surface area contributed by atoms with Crippen molar-refractivity contribution in [3.63, 3.8) is 0 Å². The predicted octanol–water partition coefficient (Wildman–Crippen LogP) is 3.48. The van der Waals surface area contributed by atoms with E-state index in [0.717, 1.165) is 35.4 Å². The van der Waals surface area contributed by atoms with Crippen LogP contribution in [0.3, 0.4) is 0 Å². The van der Waals surface area contributed by atoms with Crippen molar-refractivity contribution in [3.05, 3.63) is 69.6 Å². The molecule has 4 aromatic rings. The van der Waals surface area contributed by atoms with Crippen molar-refractivity contribution in [2.45, 2.75) is 19.9 Å². The Balaban J connectivity index is 1.90. The van der Waals surface area contributed by atoms with Gasteiger partial charge in [-0.05, 0) is 36.6 Å². The smallest absolute Gasteiger partial charge is 0.214 e. The van der Waals surface area contributed by atoms with Gasteiger partial charge in [0.25, 0.3) is 0 Å². The fourth-order valence-corrected chi connectivity index (χ4v) is 3.21. The number of aryl methyl sites for hydroxylation is 3. The Kier molecular flexibility index (Phi) is 3.58. The van der Waals surface area contributed by atoms with E-state index in [9.17, 15) is 4.79 Å². The third-order valence-electron chi connectivity index (χ3n) is 4.25. The minimum atomic E-state index is -0.0648. The van der Waals surface area contributed by atoms with Crippen molar-refractivity contribution in [1.29, 1.82) is 0 Å². The second-order valence-corrected chi connectivity index (χ2v) is 6.20. The lowest BCUT2D eigenvalue weighted by Gasteiger charge is -2.04. The van der Waals surface area contributed by atoms with E-state index in [1.54, 1.807) is 24.5 Å². The van der Waals surface area contributed by atoms with Crippen LogP contribution in [-0.2, 0) is 13.0 Å². The molecule has 2 aromatic heterocycles. The molecule has 0 aliphatic heterocycles. The first-order valence-electron chi connectivity index (χ1n) is 7.70. The fourth-order valence-electron chi connectivity index (χ4n) is 3.03. The topological polar surface area (TPSA) is 63.6 Å². The lowest BCUT2D eigenvalue weighted by Crippen LogP contribution is -2.03. The Hall–Kier alpha value is -2.66. The summed E-state index contributed by atoms with van der Waals surface area (Å²) in [5.74, 6) is 0.829. The number of nitrogens with zero attached hydrogens (tertiary/aromatic N) is 3. The summed E-state index contributed by atoms with van der Waals surface area (Å²) in [6, 6.07) is 9.18. The summed E-state index contributed by atoms with van der Waals surface area (Å²) >= 11 is 6.05. The first kappa shape index (κ1) is 14.9. The van der Waals surface area contributed by atoms with E-state index in [0.29, 0.717) is 15.9 Å². The highest BCUT2D eigenvalue weighted by Crippen LogP contribution is 2.20. The van der Waals surface area contributed by atoms with Crippen LogP contribution in [0.5, 0.6) is 0 Å². The quantitative estimate of drug-likeness (QED) is 0.622. The summed E-state index contributed by atoms with van der Waals surface area (Å²) < 4.78 is 2.07. The molecule has 0 saturated heterocycles. The van der Waals surface area contributed by atoms with Crippen molar-refractivity contribution in [2.75, 3.05) is 0 Å². The zero-order chi connectivity index (χ0) is 16.7. The standard InChI is InChI=1S/C18H15ClN4O/c1-11-22-17-16(23(11)7-6-14-9-20-10-21-14)5-2-12-8-13(19)3-4-15(12)18(17)24/h2-5,8-10H,6-7H2,1H3,(H,20,21). The molecule has 2 aromatic carbocycles. The number of hydrogen-bond acceptors (Lipinski definition) is 3. The van der Waals surface area contributed by atoms with Gasteiger partial charge in [0.1, 0.15) is 11.3 Å². The number of halogens is 1. The Morgan fingerprint density at radius 3 is 2.92 bits per heavy atom. The number of aromatic amines is 1. The van der Waals surface area contributed by atoms with Crippen LogP contribution in [0.25, 0.3) is 21.8 Å². The number of benzene rings is 1. The average Bonchev–Trinajstić information content (AvgIpc) is 3.15. The van der Waals surface area contributed by atoms with E-state index in [1.165, 1.54) is 0 Å². The van der Waals surface area contributed by atoms with Gasteiger partial charge < -0.3 is 9.55 Å². The first-order chi connectivity index (χ1) is 11.6. The normalized spacial score (nSPS) is 11.4. The lowest BCUT2D eigenvalue weighted by molar-refractivity contribution is 0.684. The largest absolute Gasteiger partial charge is 0.348 e. The van der Waals surface area contributed by atoms with Gasteiger partial charge in [-0.25, -0.2) is 9.97 Å². The molecule has 0 spiro atoms. The van der Waals surface area contributed by atoms with Crippen LogP contribution in [0, 0.1) is 6.92 Å². The van der Waals surface area contributed by atoms with Crippen LogP contribution in [0.1, 0.15) is 11.5 Å². The maximum Gasteiger partial charge on any atom is 0.214 e. The molecule has 0 amide bonds. The Morgan fingerprint density at radius 2 is 2.12 bits per heavy atom. The number of hydrogen-bond donors (Lipinski definition) is 1. The van der Waals surface area contributed by atoms with Crippen molar-refractivity contribution < 1.29 is 0 Å². The average molecular weight is 339 g/mol. The van der Waals surface area contributed by atoms with Gasteiger partial charge in [-0.3, -0.25) is 4.79 Å². The van der Waals surface area contributed by atoms with Crippen LogP contribution < -0.4 is 5.43 Å². The highest BCUT2D eigenvalue weighted by molar-refractivity contribution is 6.31. The van der Waals surface area contributed by atoms with Crippen LogP contribution in [0.4, 0.5) is 0 Å².